The lowest BCUT2D eigenvalue weighted by molar-refractivity contribution is -0.421. The summed E-state index contributed by atoms with van der Waals surface area (Å²) in [5, 5.41) is 0. The van der Waals surface area contributed by atoms with Crippen molar-refractivity contribution in [2.45, 2.75) is 35.4 Å². The predicted octanol–water partition coefficient (Wildman–Crippen LogP) is 2.90. The zero-order chi connectivity index (χ0) is 13.7. The first-order valence-corrected chi connectivity index (χ1v) is 3.80. The van der Waals surface area contributed by atoms with E-state index in [2.05, 4.69) is 4.74 Å². The Morgan fingerprint density at radius 3 is 0.882 bits per heavy atom. The number of halogens is 10. The molecule has 1 aliphatic carbocycles. The zero-order valence-electron chi connectivity index (χ0n) is 7.19. The molecule has 0 bridgehead atoms. The fraction of sp³-hybridized carbons (Fsp3) is 1.00. The average Bonchev–Trinajstić information content (AvgIpc) is 2.71. The van der Waals surface area contributed by atoms with E-state index in [1.54, 1.807) is 0 Å². The number of epoxide rings is 1. The lowest BCUT2D eigenvalue weighted by atomic mass is 9.83. The molecule has 0 N–H and O–H groups in total. The van der Waals surface area contributed by atoms with Crippen LogP contribution >= 0.6 is 0 Å². The lowest BCUT2D eigenvalue weighted by Gasteiger charge is -2.41. The maximum atomic E-state index is 12.8. The van der Waals surface area contributed by atoms with Crippen molar-refractivity contribution in [1.82, 2.24) is 0 Å². The normalized spacial score (nSPS) is 48.4. The summed E-state index contributed by atoms with van der Waals surface area (Å²) in [6.45, 7) is 0. The highest BCUT2D eigenvalue weighted by Gasteiger charge is 3.10. The molecule has 17 heavy (non-hydrogen) atoms. The predicted molar refractivity (Wildman–Crippen MR) is 28.6 cm³/mol. The summed E-state index contributed by atoms with van der Waals surface area (Å²) >= 11 is 0. The van der Waals surface area contributed by atoms with Crippen molar-refractivity contribution in [3.8, 4) is 0 Å². The fourth-order valence-corrected chi connectivity index (χ4v) is 1.50. The Kier molecular flexibility index (Phi) is 1.76. The van der Waals surface area contributed by atoms with E-state index in [0.29, 0.717) is 0 Å². The van der Waals surface area contributed by atoms with Gasteiger partial charge in [0.25, 0.3) is 0 Å². The first-order chi connectivity index (χ1) is 7.21. The second kappa shape index (κ2) is 2.36. The Morgan fingerprint density at radius 2 is 0.647 bits per heavy atom. The van der Waals surface area contributed by atoms with Crippen molar-refractivity contribution >= 4 is 0 Å². The van der Waals surface area contributed by atoms with E-state index in [0.717, 1.165) is 0 Å². The van der Waals surface area contributed by atoms with Gasteiger partial charge in [-0.3, -0.25) is 4.74 Å². The minimum atomic E-state index is -6.80. The molecule has 0 aromatic carbocycles. The minimum Gasteiger partial charge on any atom is -0.289 e. The Bertz CT molecular complexity index is 354. The van der Waals surface area contributed by atoms with Crippen molar-refractivity contribution in [2.75, 3.05) is 0 Å². The second-order valence-electron chi connectivity index (χ2n) is 3.59. The quantitative estimate of drug-likeness (QED) is 0.490. The molecule has 100 valence electrons. The van der Waals surface area contributed by atoms with Gasteiger partial charge in [0, 0.05) is 0 Å². The summed E-state index contributed by atoms with van der Waals surface area (Å²) in [5.41, 5.74) is 0. The maximum Gasteiger partial charge on any atom is 0.384 e. The van der Waals surface area contributed by atoms with Crippen LogP contribution in [0.15, 0.2) is 0 Å². The molecule has 0 aromatic heterocycles. The van der Waals surface area contributed by atoms with Crippen LogP contribution in [0.1, 0.15) is 0 Å². The van der Waals surface area contributed by atoms with Crippen molar-refractivity contribution in [3.63, 3.8) is 0 Å². The van der Waals surface area contributed by atoms with E-state index >= 15 is 0 Å². The van der Waals surface area contributed by atoms with Crippen LogP contribution in [0.2, 0.25) is 0 Å². The first kappa shape index (κ1) is 12.7. The van der Waals surface area contributed by atoms with Crippen molar-refractivity contribution in [2.24, 2.45) is 0 Å². The SMILES string of the molecule is FC1(F)C(F)(F)C(F)(F)[C@@]2(F)O[C@@]2(F)C1(F)F. The van der Waals surface area contributed by atoms with Gasteiger partial charge in [-0.2, -0.15) is 43.9 Å². The van der Waals surface area contributed by atoms with Crippen LogP contribution in [-0.2, 0) is 4.74 Å². The number of fused-ring (bicyclic) bond motifs is 1. The molecule has 1 heterocycles. The van der Waals surface area contributed by atoms with Crippen molar-refractivity contribution < 1.29 is 48.6 Å². The van der Waals surface area contributed by atoms with Gasteiger partial charge in [-0.05, 0) is 0 Å². The van der Waals surface area contributed by atoms with E-state index in [1.807, 2.05) is 0 Å². The molecule has 0 amide bonds. The van der Waals surface area contributed by atoms with Crippen molar-refractivity contribution in [1.29, 1.82) is 0 Å². The Labute approximate surface area is 85.3 Å². The van der Waals surface area contributed by atoms with Gasteiger partial charge in [0.05, 0.1) is 0 Å². The third-order valence-corrected chi connectivity index (χ3v) is 2.64. The number of rotatable bonds is 0. The summed E-state index contributed by atoms with van der Waals surface area (Å²) in [5.74, 6) is -37.4. The van der Waals surface area contributed by atoms with Crippen LogP contribution in [0.5, 0.6) is 0 Å². The van der Waals surface area contributed by atoms with Crippen molar-refractivity contribution in [3.05, 3.63) is 0 Å². The van der Waals surface area contributed by atoms with E-state index in [-0.39, 0.29) is 0 Å². The average molecular weight is 278 g/mol. The highest BCUT2D eigenvalue weighted by molar-refractivity contribution is 5.31. The number of ether oxygens (including phenoxy) is 1. The van der Waals surface area contributed by atoms with Crippen LogP contribution in [0, 0.1) is 0 Å². The molecule has 1 saturated heterocycles. The summed E-state index contributed by atoms with van der Waals surface area (Å²) in [6.07, 6.45) is 0. The Hall–Kier alpha value is -0.740. The summed E-state index contributed by atoms with van der Waals surface area (Å²) < 4.78 is 128. The molecule has 0 spiro atoms. The van der Waals surface area contributed by atoms with Crippen LogP contribution < -0.4 is 0 Å². The Morgan fingerprint density at radius 1 is 0.412 bits per heavy atom. The molecule has 1 saturated carbocycles. The van der Waals surface area contributed by atoms with Gasteiger partial charge in [-0.1, -0.05) is 0 Å². The molecule has 2 atom stereocenters. The smallest absolute Gasteiger partial charge is 0.289 e. The molecular weight excluding hydrogens is 278 g/mol. The monoisotopic (exact) mass is 278 g/mol. The van der Waals surface area contributed by atoms with Gasteiger partial charge in [-0.25, -0.2) is 0 Å². The standard InChI is InChI=1S/C6F10O/c7-1(8)2(9,10)4(13,14)6(16)5(15,17-6)3(1,11)12/t5-,6+. The maximum absolute atomic E-state index is 12.8. The third kappa shape index (κ3) is 0.818. The number of alkyl halides is 10. The van der Waals surface area contributed by atoms with E-state index in [4.69, 9.17) is 0 Å². The van der Waals surface area contributed by atoms with Gasteiger partial charge in [0.1, 0.15) is 0 Å². The molecule has 2 rings (SSSR count). The summed E-state index contributed by atoms with van der Waals surface area (Å²) in [7, 11) is 0. The van der Waals surface area contributed by atoms with E-state index < -0.39 is 35.4 Å². The number of hydrogen-bond acceptors (Lipinski definition) is 1. The molecule has 0 unspecified atom stereocenters. The molecule has 1 aliphatic heterocycles. The molecule has 0 aromatic rings. The Balaban J connectivity index is 2.71. The molecule has 1 nitrogen and oxygen atoms in total. The fourth-order valence-electron chi connectivity index (χ4n) is 1.50. The van der Waals surface area contributed by atoms with Gasteiger partial charge < -0.3 is 0 Å². The topological polar surface area (TPSA) is 12.5 Å². The third-order valence-electron chi connectivity index (χ3n) is 2.64. The van der Waals surface area contributed by atoms with Gasteiger partial charge in [0.15, 0.2) is 0 Å². The highest BCUT2D eigenvalue weighted by Crippen LogP contribution is 2.77. The minimum absolute atomic E-state index is 2.56. The molecule has 2 aliphatic rings. The van der Waals surface area contributed by atoms with Gasteiger partial charge in [0.2, 0.25) is 0 Å². The molecule has 0 radical (unpaired) electrons. The van der Waals surface area contributed by atoms with Gasteiger partial charge in [-0.15, -0.1) is 0 Å². The van der Waals surface area contributed by atoms with Crippen LogP contribution in [0.25, 0.3) is 0 Å². The lowest BCUT2D eigenvalue weighted by Crippen LogP contribution is -2.75. The largest absolute Gasteiger partial charge is 0.384 e. The van der Waals surface area contributed by atoms with Crippen LogP contribution in [-0.4, -0.2) is 35.4 Å². The van der Waals surface area contributed by atoms with E-state index in [9.17, 15) is 43.9 Å². The highest BCUT2D eigenvalue weighted by atomic mass is 19.4. The summed E-state index contributed by atoms with van der Waals surface area (Å²) in [6, 6.07) is 0. The number of hydrogen-bond donors (Lipinski definition) is 0. The van der Waals surface area contributed by atoms with Crippen LogP contribution in [0.3, 0.4) is 0 Å². The molecule has 2 fully saturated rings. The molecular formula is C6F10O. The zero-order valence-corrected chi connectivity index (χ0v) is 7.19. The summed E-state index contributed by atoms with van der Waals surface area (Å²) in [4.78, 5) is 0. The first-order valence-electron chi connectivity index (χ1n) is 3.80. The molecule has 11 heteroatoms. The van der Waals surface area contributed by atoms with Crippen LogP contribution in [0.4, 0.5) is 43.9 Å². The second-order valence-corrected chi connectivity index (χ2v) is 3.59. The van der Waals surface area contributed by atoms with Gasteiger partial charge >= 0.3 is 35.4 Å². The van der Waals surface area contributed by atoms with E-state index in [1.165, 1.54) is 0 Å².